The number of halogens is 1. The van der Waals surface area contributed by atoms with Crippen LogP contribution in [0.25, 0.3) is 0 Å². The molecule has 0 amide bonds. The van der Waals surface area contributed by atoms with E-state index in [0.29, 0.717) is 13.4 Å². The number of alkyl halides is 1. The minimum Gasteiger partial charge on any atom is -0.454 e. The minimum absolute atomic E-state index is 0.0255. The molecule has 0 bridgehead atoms. The van der Waals surface area contributed by atoms with Crippen LogP contribution < -0.4 is 9.47 Å². The molecule has 0 aliphatic carbocycles. The molecule has 2 unspecified atom stereocenters. The summed E-state index contributed by atoms with van der Waals surface area (Å²) in [5.74, 6) is 1.57. The highest BCUT2D eigenvalue weighted by Gasteiger charge is 2.21. The molecule has 2 atom stereocenters. The Labute approximate surface area is 109 Å². The molecule has 17 heavy (non-hydrogen) atoms. The molecular weight excluding hydrogens is 284 g/mol. The zero-order valence-electron chi connectivity index (χ0n) is 9.69. The van der Waals surface area contributed by atoms with Crippen LogP contribution in [-0.4, -0.2) is 18.2 Å². The van der Waals surface area contributed by atoms with Crippen LogP contribution in [0.4, 0.5) is 0 Å². The van der Waals surface area contributed by atoms with Gasteiger partial charge in [-0.3, -0.25) is 0 Å². The van der Waals surface area contributed by atoms with Gasteiger partial charge in [-0.2, -0.15) is 0 Å². The number of hydrogen-bond acceptors (Lipinski definition) is 3. The third kappa shape index (κ3) is 2.82. The molecule has 3 nitrogen and oxygen atoms in total. The van der Waals surface area contributed by atoms with E-state index in [1.165, 1.54) is 0 Å². The molecule has 1 aliphatic heterocycles. The predicted molar refractivity (Wildman–Crippen MR) is 69.8 cm³/mol. The van der Waals surface area contributed by atoms with Crippen molar-refractivity contribution in [2.75, 3.05) is 13.4 Å². The van der Waals surface area contributed by atoms with Crippen LogP contribution in [0, 0.1) is 0 Å². The molecule has 1 aromatic rings. The van der Waals surface area contributed by atoms with Crippen molar-refractivity contribution in [3.63, 3.8) is 0 Å². The highest BCUT2D eigenvalue weighted by molar-refractivity contribution is 9.09. The number of benzene rings is 1. The van der Waals surface area contributed by atoms with Crippen molar-refractivity contribution in [3.05, 3.63) is 36.4 Å². The van der Waals surface area contributed by atoms with Crippen molar-refractivity contribution in [1.29, 1.82) is 0 Å². The highest BCUT2D eigenvalue weighted by Crippen LogP contribution is 2.36. The molecule has 0 spiro atoms. The predicted octanol–water partition coefficient (Wildman–Crippen LogP) is 3.44. The van der Waals surface area contributed by atoms with Crippen LogP contribution in [0.2, 0.25) is 0 Å². The molecule has 0 saturated heterocycles. The van der Waals surface area contributed by atoms with Crippen molar-refractivity contribution < 1.29 is 14.2 Å². The molecule has 0 N–H and O–H groups in total. The number of hydrogen-bond donors (Lipinski definition) is 0. The molecule has 1 aliphatic rings. The van der Waals surface area contributed by atoms with Crippen molar-refractivity contribution in [1.82, 2.24) is 0 Å². The topological polar surface area (TPSA) is 27.7 Å². The smallest absolute Gasteiger partial charge is 0.231 e. The Hall–Kier alpha value is -1.00. The Balaban J connectivity index is 2.20. The summed E-state index contributed by atoms with van der Waals surface area (Å²) in [6.07, 6.45) is 1.72. The Bertz CT molecular complexity index is 404. The first-order valence-corrected chi connectivity index (χ1v) is 6.40. The maximum Gasteiger partial charge on any atom is 0.231 e. The molecule has 2 rings (SSSR count). The normalized spacial score (nSPS) is 16.6. The second-order valence-electron chi connectivity index (χ2n) is 3.83. The van der Waals surface area contributed by atoms with Gasteiger partial charge in [0.2, 0.25) is 6.79 Å². The Morgan fingerprint density at radius 2 is 2.24 bits per heavy atom. The highest BCUT2D eigenvalue weighted by atomic mass is 79.9. The minimum atomic E-state index is -0.0255. The summed E-state index contributed by atoms with van der Waals surface area (Å²) in [4.78, 5) is 0.211. The second kappa shape index (κ2) is 5.56. The van der Waals surface area contributed by atoms with Gasteiger partial charge in [-0.05, 0) is 24.6 Å². The van der Waals surface area contributed by atoms with Crippen LogP contribution >= 0.6 is 15.9 Å². The standard InChI is InChI=1S/C13H15BrO3/c1-3-6-15-13(9(2)14)10-4-5-11-12(7-10)17-8-16-11/h3-5,7,9,13H,1,6,8H2,2H3. The first-order chi connectivity index (χ1) is 8.22. The second-order valence-corrected chi connectivity index (χ2v) is 5.28. The maximum atomic E-state index is 5.74. The third-order valence-electron chi connectivity index (χ3n) is 2.54. The van der Waals surface area contributed by atoms with E-state index in [0.717, 1.165) is 17.1 Å². The van der Waals surface area contributed by atoms with E-state index in [4.69, 9.17) is 14.2 Å². The largest absolute Gasteiger partial charge is 0.454 e. The maximum absolute atomic E-state index is 5.74. The third-order valence-corrected chi connectivity index (χ3v) is 3.02. The molecule has 1 heterocycles. The van der Waals surface area contributed by atoms with Gasteiger partial charge in [0.1, 0.15) is 0 Å². The summed E-state index contributed by atoms with van der Waals surface area (Å²) in [6.45, 7) is 6.53. The molecule has 0 aromatic heterocycles. The average Bonchev–Trinajstić information content (AvgIpc) is 2.76. The summed E-state index contributed by atoms with van der Waals surface area (Å²) >= 11 is 3.56. The summed E-state index contributed by atoms with van der Waals surface area (Å²) in [6, 6.07) is 5.88. The van der Waals surface area contributed by atoms with E-state index in [-0.39, 0.29) is 10.9 Å². The van der Waals surface area contributed by atoms with Crippen molar-refractivity contribution in [2.24, 2.45) is 0 Å². The van der Waals surface area contributed by atoms with Crippen LogP contribution in [-0.2, 0) is 4.74 Å². The lowest BCUT2D eigenvalue weighted by molar-refractivity contribution is 0.0767. The molecule has 4 heteroatoms. The van der Waals surface area contributed by atoms with Gasteiger partial charge in [0.05, 0.1) is 12.7 Å². The quantitative estimate of drug-likeness (QED) is 0.616. The van der Waals surface area contributed by atoms with Gasteiger partial charge in [0.15, 0.2) is 11.5 Å². The molecule has 0 saturated carbocycles. The van der Waals surface area contributed by atoms with E-state index in [1.807, 2.05) is 18.2 Å². The van der Waals surface area contributed by atoms with E-state index in [2.05, 4.69) is 29.4 Å². The summed E-state index contributed by atoms with van der Waals surface area (Å²) in [7, 11) is 0. The molecule has 92 valence electrons. The summed E-state index contributed by atoms with van der Waals surface area (Å²) < 4.78 is 16.4. The van der Waals surface area contributed by atoms with Crippen molar-refractivity contribution >= 4 is 15.9 Å². The lowest BCUT2D eigenvalue weighted by atomic mass is 10.1. The Morgan fingerprint density at radius 3 is 2.94 bits per heavy atom. The number of rotatable bonds is 5. The van der Waals surface area contributed by atoms with E-state index < -0.39 is 0 Å². The van der Waals surface area contributed by atoms with Gasteiger partial charge in [0.25, 0.3) is 0 Å². The fourth-order valence-corrected chi connectivity index (χ4v) is 2.21. The molecular formula is C13H15BrO3. The van der Waals surface area contributed by atoms with Crippen LogP contribution in [0.1, 0.15) is 18.6 Å². The van der Waals surface area contributed by atoms with Crippen molar-refractivity contribution in [3.8, 4) is 11.5 Å². The fraction of sp³-hybridized carbons (Fsp3) is 0.385. The lowest BCUT2D eigenvalue weighted by Gasteiger charge is -2.20. The molecule has 0 radical (unpaired) electrons. The van der Waals surface area contributed by atoms with E-state index in [9.17, 15) is 0 Å². The van der Waals surface area contributed by atoms with Crippen LogP contribution in [0.3, 0.4) is 0 Å². The fourth-order valence-electron chi connectivity index (χ4n) is 1.76. The van der Waals surface area contributed by atoms with E-state index >= 15 is 0 Å². The summed E-state index contributed by atoms with van der Waals surface area (Å²) in [5, 5.41) is 0. The van der Waals surface area contributed by atoms with Crippen LogP contribution in [0.5, 0.6) is 11.5 Å². The number of fused-ring (bicyclic) bond motifs is 1. The molecule has 0 fully saturated rings. The SMILES string of the molecule is C=CCOC(c1ccc2c(c1)OCO2)C(C)Br. The zero-order chi connectivity index (χ0) is 12.3. The van der Waals surface area contributed by atoms with Gasteiger partial charge in [-0.1, -0.05) is 28.1 Å². The Morgan fingerprint density at radius 1 is 1.47 bits per heavy atom. The number of ether oxygens (including phenoxy) is 3. The average molecular weight is 299 g/mol. The van der Waals surface area contributed by atoms with Gasteiger partial charge < -0.3 is 14.2 Å². The van der Waals surface area contributed by atoms with Gasteiger partial charge >= 0.3 is 0 Å². The van der Waals surface area contributed by atoms with Crippen LogP contribution in [0.15, 0.2) is 30.9 Å². The monoisotopic (exact) mass is 298 g/mol. The zero-order valence-corrected chi connectivity index (χ0v) is 11.3. The van der Waals surface area contributed by atoms with Gasteiger partial charge in [0, 0.05) is 4.83 Å². The molecule has 1 aromatic carbocycles. The van der Waals surface area contributed by atoms with Crippen molar-refractivity contribution in [2.45, 2.75) is 17.9 Å². The summed E-state index contributed by atoms with van der Waals surface area (Å²) in [5.41, 5.74) is 1.07. The van der Waals surface area contributed by atoms with Gasteiger partial charge in [-0.15, -0.1) is 6.58 Å². The first kappa shape index (κ1) is 12.5. The lowest BCUT2D eigenvalue weighted by Crippen LogP contribution is -2.13. The van der Waals surface area contributed by atoms with Gasteiger partial charge in [-0.25, -0.2) is 0 Å². The van der Waals surface area contributed by atoms with E-state index in [1.54, 1.807) is 6.08 Å². The Kier molecular flexibility index (Phi) is 4.07. The first-order valence-electron chi connectivity index (χ1n) is 5.48.